The van der Waals surface area contributed by atoms with Gasteiger partial charge in [0.15, 0.2) is 0 Å². The molecule has 2 aromatic carbocycles. The minimum Gasteiger partial charge on any atom is -0.508 e. The van der Waals surface area contributed by atoms with E-state index in [0.717, 1.165) is 25.8 Å². The number of halogens is 1. The van der Waals surface area contributed by atoms with Crippen LogP contribution >= 0.6 is 0 Å². The molecule has 206 valence electrons. The maximum absolute atomic E-state index is 14.9. The molecular weight excluding hydrogens is 501 g/mol. The van der Waals surface area contributed by atoms with Crippen molar-refractivity contribution < 1.29 is 23.8 Å². The van der Waals surface area contributed by atoms with Gasteiger partial charge in [-0.3, -0.25) is 4.79 Å². The van der Waals surface area contributed by atoms with Gasteiger partial charge in [0.2, 0.25) is 0 Å². The van der Waals surface area contributed by atoms with Crippen molar-refractivity contribution in [3.8, 4) is 11.8 Å². The molecule has 2 fully saturated rings. The van der Waals surface area contributed by atoms with Crippen molar-refractivity contribution in [1.29, 1.82) is 0 Å². The van der Waals surface area contributed by atoms with E-state index in [-0.39, 0.29) is 35.6 Å². The highest BCUT2D eigenvalue weighted by molar-refractivity contribution is 6.16. The largest absolute Gasteiger partial charge is 0.508 e. The molecule has 1 unspecified atom stereocenters. The smallest absolute Gasteiger partial charge is 0.318 e. The van der Waals surface area contributed by atoms with Crippen molar-refractivity contribution in [2.75, 3.05) is 49.3 Å². The zero-order valence-corrected chi connectivity index (χ0v) is 22.4. The summed E-state index contributed by atoms with van der Waals surface area (Å²) < 4.78 is 26.7. The summed E-state index contributed by atoms with van der Waals surface area (Å²) in [5.74, 6) is -0.0775. The number of ether oxygens (including phenoxy) is 2. The highest BCUT2D eigenvalue weighted by Gasteiger charge is 2.38. The van der Waals surface area contributed by atoms with Crippen LogP contribution in [0.4, 0.5) is 15.9 Å². The monoisotopic (exact) mass is 535 g/mol. The van der Waals surface area contributed by atoms with E-state index in [1.807, 2.05) is 6.92 Å². The average molecular weight is 536 g/mol. The molecule has 0 spiro atoms. The number of fused-ring (bicyclic) bond motifs is 2. The van der Waals surface area contributed by atoms with Crippen LogP contribution in [-0.2, 0) is 17.7 Å². The van der Waals surface area contributed by atoms with Crippen molar-refractivity contribution >= 4 is 28.2 Å². The Morgan fingerprint density at radius 2 is 2.08 bits per heavy atom. The molecule has 0 bridgehead atoms. The van der Waals surface area contributed by atoms with Crippen molar-refractivity contribution in [3.63, 3.8) is 0 Å². The number of aromatic hydroxyl groups is 1. The van der Waals surface area contributed by atoms with Crippen LogP contribution in [-0.4, -0.2) is 66.0 Å². The molecule has 39 heavy (non-hydrogen) atoms. The average Bonchev–Trinajstić information content (AvgIpc) is 3.38. The predicted octanol–water partition coefficient (Wildman–Crippen LogP) is 3.94. The SMILES string of the molecule is CCc1c(F)ccc2cc(O)cc(N3Cc4nc(OCC5(C)CCCN5)nc(N5CCCOCC5)c4C3=O)c12. The minimum atomic E-state index is -0.337. The summed E-state index contributed by atoms with van der Waals surface area (Å²) in [5.41, 5.74) is 1.78. The van der Waals surface area contributed by atoms with Crippen LogP contribution in [0, 0.1) is 5.82 Å². The topological polar surface area (TPSA) is 100 Å². The van der Waals surface area contributed by atoms with E-state index in [0.29, 0.717) is 78.4 Å². The fourth-order valence-electron chi connectivity index (χ4n) is 5.95. The summed E-state index contributed by atoms with van der Waals surface area (Å²) in [6.07, 6.45) is 3.35. The number of carbonyl (C=O) groups is 1. The Morgan fingerprint density at radius 1 is 1.21 bits per heavy atom. The standard InChI is InChI=1S/C29H34FN5O4/c1-3-20-21(30)7-6-18-14-19(36)15-23(24(18)20)35-16-22-25(27(35)37)26(34-10-5-12-38-13-11-34)33-28(32-22)39-17-29(2)8-4-9-31-29/h6-7,14-15,31,36H,3-5,8-13,16-17H2,1-2H3. The number of hydrogen-bond donors (Lipinski definition) is 2. The van der Waals surface area contributed by atoms with Gasteiger partial charge in [0, 0.05) is 36.7 Å². The van der Waals surface area contributed by atoms with Gasteiger partial charge in [-0.15, -0.1) is 0 Å². The normalized spacial score (nSPS) is 21.5. The van der Waals surface area contributed by atoms with Gasteiger partial charge in [0.05, 0.1) is 24.5 Å². The molecule has 1 atom stereocenters. The third-order valence-corrected chi connectivity index (χ3v) is 7.99. The quantitative estimate of drug-likeness (QED) is 0.490. The maximum Gasteiger partial charge on any atom is 0.318 e. The third-order valence-electron chi connectivity index (χ3n) is 7.99. The van der Waals surface area contributed by atoms with Gasteiger partial charge >= 0.3 is 6.01 Å². The van der Waals surface area contributed by atoms with Gasteiger partial charge in [-0.1, -0.05) is 13.0 Å². The summed E-state index contributed by atoms with van der Waals surface area (Å²) in [6.45, 7) is 8.01. The Morgan fingerprint density at radius 3 is 2.87 bits per heavy atom. The molecule has 3 aromatic rings. The minimum absolute atomic E-state index is 0.00669. The molecule has 3 aliphatic heterocycles. The van der Waals surface area contributed by atoms with Crippen molar-refractivity contribution in [3.05, 3.63) is 46.9 Å². The van der Waals surface area contributed by atoms with Crippen LogP contribution in [0.15, 0.2) is 24.3 Å². The van der Waals surface area contributed by atoms with E-state index in [9.17, 15) is 14.3 Å². The molecule has 9 nitrogen and oxygen atoms in total. The van der Waals surface area contributed by atoms with E-state index in [2.05, 4.69) is 17.1 Å². The van der Waals surface area contributed by atoms with E-state index < -0.39 is 0 Å². The number of rotatable bonds is 6. The van der Waals surface area contributed by atoms with Gasteiger partial charge in [-0.05, 0) is 62.2 Å². The Labute approximate surface area is 226 Å². The number of aromatic nitrogens is 2. The number of phenolic OH excluding ortho intramolecular Hbond substituents is 1. The van der Waals surface area contributed by atoms with Crippen molar-refractivity contribution in [2.24, 2.45) is 0 Å². The molecule has 2 saturated heterocycles. The number of phenols is 1. The third kappa shape index (κ3) is 4.76. The van der Waals surface area contributed by atoms with Gasteiger partial charge in [0.25, 0.3) is 5.91 Å². The van der Waals surface area contributed by atoms with Crippen LogP contribution in [0.25, 0.3) is 10.8 Å². The number of carbonyl (C=O) groups excluding carboxylic acids is 1. The van der Waals surface area contributed by atoms with Crippen LogP contribution in [0.3, 0.4) is 0 Å². The van der Waals surface area contributed by atoms with Gasteiger partial charge in [0.1, 0.15) is 29.6 Å². The first-order valence-electron chi connectivity index (χ1n) is 13.7. The van der Waals surface area contributed by atoms with Gasteiger partial charge in [-0.25, -0.2) is 4.39 Å². The van der Waals surface area contributed by atoms with E-state index in [1.54, 1.807) is 17.0 Å². The lowest BCUT2D eigenvalue weighted by molar-refractivity contribution is 0.0996. The fraction of sp³-hybridized carbons (Fsp3) is 0.483. The van der Waals surface area contributed by atoms with Gasteiger partial charge in [-0.2, -0.15) is 9.97 Å². The summed E-state index contributed by atoms with van der Waals surface area (Å²) in [5, 5.41) is 15.3. The lowest BCUT2D eigenvalue weighted by atomic mass is 9.99. The lowest BCUT2D eigenvalue weighted by Gasteiger charge is -2.25. The molecule has 0 radical (unpaired) electrons. The zero-order valence-electron chi connectivity index (χ0n) is 22.4. The number of anilines is 2. The second-order valence-electron chi connectivity index (χ2n) is 10.8. The van der Waals surface area contributed by atoms with Crippen LogP contribution in [0.2, 0.25) is 0 Å². The number of benzene rings is 2. The Hall–Kier alpha value is -3.50. The predicted molar refractivity (Wildman–Crippen MR) is 146 cm³/mol. The Balaban J connectivity index is 1.43. The first-order valence-corrected chi connectivity index (χ1v) is 13.7. The highest BCUT2D eigenvalue weighted by Crippen LogP contribution is 2.41. The van der Waals surface area contributed by atoms with E-state index in [1.165, 1.54) is 12.1 Å². The van der Waals surface area contributed by atoms with Gasteiger partial charge < -0.3 is 29.7 Å². The molecular formula is C29H34FN5O4. The second kappa shape index (κ2) is 10.2. The summed E-state index contributed by atoms with van der Waals surface area (Å²) in [7, 11) is 0. The molecule has 6 rings (SSSR count). The molecule has 0 aliphatic carbocycles. The molecule has 3 aliphatic rings. The molecule has 2 N–H and O–H groups in total. The summed E-state index contributed by atoms with van der Waals surface area (Å²) in [6, 6.07) is 6.39. The molecule has 4 heterocycles. The van der Waals surface area contributed by atoms with Crippen molar-refractivity contribution in [2.45, 2.75) is 51.6 Å². The number of nitrogens with zero attached hydrogens (tertiary/aromatic N) is 4. The molecule has 0 saturated carbocycles. The highest BCUT2D eigenvalue weighted by atomic mass is 19.1. The summed E-state index contributed by atoms with van der Waals surface area (Å²) in [4.78, 5) is 27.2. The maximum atomic E-state index is 14.9. The van der Waals surface area contributed by atoms with E-state index >= 15 is 0 Å². The fourth-order valence-corrected chi connectivity index (χ4v) is 5.95. The number of nitrogens with one attached hydrogen (secondary N) is 1. The first kappa shape index (κ1) is 25.8. The van der Waals surface area contributed by atoms with Crippen LogP contribution < -0.4 is 19.9 Å². The summed E-state index contributed by atoms with van der Waals surface area (Å²) >= 11 is 0. The second-order valence-corrected chi connectivity index (χ2v) is 10.8. The molecule has 10 heteroatoms. The zero-order chi connectivity index (χ0) is 27.1. The molecule has 1 aromatic heterocycles. The Bertz CT molecular complexity index is 1420. The number of amides is 1. The first-order chi connectivity index (χ1) is 18.9. The van der Waals surface area contributed by atoms with E-state index in [4.69, 9.17) is 19.4 Å². The number of aryl methyl sites for hydroxylation is 1. The Kier molecular flexibility index (Phi) is 6.76. The lowest BCUT2D eigenvalue weighted by Crippen LogP contribution is -2.42. The number of hydrogen-bond acceptors (Lipinski definition) is 8. The van der Waals surface area contributed by atoms with Crippen molar-refractivity contribution in [1.82, 2.24) is 15.3 Å². The van der Waals surface area contributed by atoms with Crippen LogP contribution in [0.5, 0.6) is 11.8 Å². The molecule has 1 amide bonds. The van der Waals surface area contributed by atoms with Crippen LogP contribution in [0.1, 0.15) is 54.7 Å².